The van der Waals surface area contributed by atoms with Crippen molar-refractivity contribution in [2.75, 3.05) is 13.7 Å². The van der Waals surface area contributed by atoms with Crippen LogP contribution in [0.15, 0.2) is 0 Å². The molecule has 0 aromatic heterocycles. The average molecular weight is 294 g/mol. The summed E-state index contributed by atoms with van der Waals surface area (Å²) in [6.07, 6.45) is 0.612. The molecule has 8 heteroatoms. The molecule has 2 atom stereocenters. The molecule has 0 fully saturated rings. The lowest BCUT2D eigenvalue weighted by Gasteiger charge is -2.23. The monoisotopic (exact) mass is 294 g/mol. The zero-order valence-corrected chi connectivity index (χ0v) is 12.5. The zero-order valence-electron chi connectivity index (χ0n) is 10.8. The number of nitrogens with one attached hydrogen (secondary N) is 1. The van der Waals surface area contributed by atoms with Crippen LogP contribution in [0, 0.1) is 17.2 Å². The van der Waals surface area contributed by atoms with Gasteiger partial charge >= 0.3 is 5.97 Å². The summed E-state index contributed by atoms with van der Waals surface area (Å²) in [6, 6.07) is 1.17. The number of hydrogen-bond donors (Lipinski definition) is 2. The standard InChI is InChI=1S/C10H19N2O4PS/c1-8(2)7-9(10(13)15-3)12-17(14,18)16-6-4-5-11/h8-9H,4,6-7H2,1-3H3,(H2,12,14,18)/t9-,17?/m0/s1. The van der Waals surface area contributed by atoms with Crippen molar-refractivity contribution < 1.29 is 18.9 Å². The van der Waals surface area contributed by atoms with Gasteiger partial charge in [-0.3, -0.25) is 4.79 Å². The number of esters is 1. The molecule has 0 spiro atoms. The fraction of sp³-hybridized carbons (Fsp3) is 0.800. The lowest BCUT2D eigenvalue weighted by atomic mass is 10.1. The van der Waals surface area contributed by atoms with E-state index in [1.165, 1.54) is 7.11 Å². The quantitative estimate of drug-likeness (QED) is 0.396. The van der Waals surface area contributed by atoms with Crippen LogP contribution in [0.1, 0.15) is 26.7 Å². The van der Waals surface area contributed by atoms with E-state index in [9.17, 15) is 9.69 Å². The van der Waals surface area contributed by atoms with E-state index in [4.69, 9.17) is 21.6 Å². The summed E-state index contributed by atoms with van der Waals surface area (Å²) in [5.74, 6) is -0.258. The lowest BCUT2D eigenvalue weighted by molar-refractivity contribution is -0.143. The van der Waals surface area contributed by atoms with Crippen LogP contribution in [0.25, 0.3) is 0 Å². The number of carbonyl (C=O) groups excluding carboxylic acids is 1. The molecule has 0 aromatic carbocycles. The molecule has 6 nitrogen and oxygen atoms in total. The Morgan fingerprint density at radius 1 is 1.61 bits per heavy atom. The van der Waals surface area contributed by atoms with Gasteiger partial charge in [0, 0.05) is 0 Å². The Kier molecular flexibility index (Phi) is 8.32. The third-order valence-electron chi connectivity index (χ3n) is 1.99. The molecule has 0 aromatic rings. The molecule has 2 N–H and O–H groups in total. The predicted molar refractivity (Wildman–Crippen MR) is 71.1 cm³/mol. The highest BCUT2D eigenvalue weighted by Crippen LogP contribution is 2.38. The fourth-order valence-corrected chi connectivity index (χ4v) is 2.89. The highest BCUT2D eigenvalue weighted by atomic mass is 32.5. The van der Waals surface area contributed by atoms with Crippen molar-refractivity contribution >= 4 is 24.4 Å². The van der Waals surface area contributed by atoms with Gasteiger partial charge in [0.15, 0.2) is 0 Å². The summed E-state index contributed by atoms with van der Waals surface area (Å²) in [5.41, 5.74) is 0. The number of carbonyl (C=O) groups is 1. The molecule has 0 saturated carbocycles. The largest absolute Gasteiger partial charge is 0.468 e. The molecule has 104 valence electrons. The minimum atomic E-state index is -3.27. The molecule has 0 saturated heterocycles. The highest BCUT2D eigenvalue weighted by Gasteiger charge is 2.27. The number of nitriles is 1. The van der Waals surface area contributed by atoms with Crippen molar-refractivity contribution in [1.29, 1.82) is 5.26 Å². The third-order valence-corrected chi connectivity index (χ3v) is 3.79. The van der Waals surface area contributed by atoms with E-state index in [0.29, 0.717) is 6.42 Å². The van der Waals surface area contributed by atoms with E-state index in [2.05, 4.69) is 9.82 Å². The van der Waals surface area contributed by atoms with Crippen LogP contribution >= 0.6 is 6.64 Å². The van der Waals surface area contributed by atoms with E-state index in [1.807, 2.05) is 19.9 Å². The second-order valence-electron chi connectivity index (χ2n) is 4.10. The molecule has 0 amide bonds. The second-order valence-corrected chi connectivity index (χ2v) is 7.14. The molecule has 0 rings (SSSR count). The first-order chi connectivity index (χ1) is 8.32. The smallest absolute Gasteiger partial charge is 0.323 e. The van der Waals surface area contributed by atoms with E-state index in [-0.39, 0.29) is 18.9 Å². The summed E-state index contributed by atoms with van der Waals surface area (Å²) in [4.78, 5) is 21.4. The van der Waals surface area contributed by atoms with Crippen molar-refractivity contribution in [1.82, 2.24) is 5.09 Å². The van der Waals surface area contributed by atoms with E-state index in [1.54, 1.807) is 0 Å². The van der Waals surface area contributed by atoms with Gasteiger partial charge in [0.05, 0.1) is 26.2 Å². The normalized spacial score (nSPS) is 15.8. The SMILES string of the molecule is COC(=O)[C@H](CC(C)C)NP(O)(=S)OCCC#N. The number of ether oxygens (including phenoxy) is 1. The number of methoxy groups -OCH3 is 1. The third kappa shape index (κ3) is 7.75. The molecule has 0 aliphatic rings. The number of hydrogen-bond acceptors (Lipinski definition) is 5. The van der Waals surface area contributed by atoms with Gasteiger partial charge in [0.25, 0.3) is 6.64 Å². The number of nitrogens with zero attached hydrogens (tertiary/aromatic N) is 1. The van der Waals surface area contributed by atoms with Crippen molar-refractivity contribution in [3.05, 3.63) is 0 Å². The van der Waals surface area contributed by atoms with Gasteiger partial charge in [-0.25, -0.2) is 5.09 Å². The molecule has 18 heavy (non-hydrogen) atoms. The summed E-state index contributed by atoms with van der Waals surface area (Å²) >= 11 is 4.87. The van der Waals surface area contributed by atoms with Gasteiger partial charge in [-0.2, -0.15) is 5.26 Å². The molecule has 1 unspecified atom stereocenters. The van der Waals surface area contributed by atoms with Gasteiger partial charge in [-0.15, -0.1) is 0 Å². The van der Waals surface area contributed by atoms with Crippen LogP contribution in [-0.2, 0) is 25.9 Å². The van der Waals surface area contributed by atoms with Crippen molar-refractivity contribution in [3.8, 4) is 6.07 Å². The maximum absolute atomic E-state index is 11.5. The molecular formula is C10H19N2O4PS. The lowest BCUT2D eigenvalue weighted by Crippen LogP contribution is -2.37. The first-order valence-corrected chi connectivity index (χ1v) is 8.19. The van der Waals surface area contributed by atoms with Crippen LogP contribution in [-0.4, -0.2) is 30.6 Å². The van der Waals surface area contributed by atoms with Crippen LogP contribution in [0.4, 0.5) is 0 Å². The average Bonchev–Trinajstić information content (AvgIpc) is 2.26. The Labute approximate surface area is 112 Å². The minimum absolute atomic E-state index is 0.0346. The number of rotatable bonds is 8. The molecule has 0 aliphatic carbocycles. The summed E-state index contributed by atoms with van der Waals surface area (Å²) < 4.78 is 9.65. The van der Waals surface area contributed by atoms with Gasteiger partial charge in [-0.05, 0) is 24.1 Å². The second kappa shape index (κ2) is 8.57. The molecule has 0 radical (unpaired) electrons. The van der Waals surface area contributed by atoms with E-state index < -0.39 is 18.7 Å². The topological polar surface area (TPSA) is 91.6 Å². The zero-order chi connectivity index (χ0) is 14.2. The van der Waals surface area contributed by atoms with E-state index >= 15 is 0 Å². The van der Waals surface area contributed by atoms with Crippen LogP contribution in [0.5, 0.6) is 0 Å². The molecule has 0 aliphatic heterocycles. The Morgan fingerprint density at radius 3 is 2.67 bits per heavy atom. The summed E-state index contributed by atoms with van der Waals surface area (Å²) in [6.45, 7) is 0.643. The predicted octanol–water partition coefficient (Wildman–Crippen LogP) is 1.31. The maximum atomic E-state index is 11.5. The maximum Gasteiger partial charge on any atom is 0.323 e. The van der Waals surface area contributed by atoms with Gasteiger partial charge in [-0.1, -0.05) is 13.8 Å². The minimum Gasteiger partial charge on any atom is -0.468 e. The Hall–Kier alpha value is -0.510. The van der Waals surface area contributed by atoms with Crippen LogP contribution in [0.2, 0.25) is 0 Å². The van der Waals surface area contributed by atoms with Gasteiger partial charge in [0.1, 0.15) is 6.04 Å². The van der Waals surface area contributed by atoms with Crippen molar-refractivity contribution in [3.63, 3.8) is 0 Å². The highest BCUT2D eigenvalue weighted by molar-refractivity contribution is 8.08. The molecule has 0 bridgehead atoms. The molecular weight excluding hydrogens is 275 g/mol. The van der Waals surface area contributed by atoms with Crippen molar-refractivity contribution in [2.24, 2.45) is 5.92 Å². The first kappa shape index (κ1) is 17.5. The Balaban J connectivity index is 4.50. The Bertz CT molecular complexity index is 356. The van der Waals surface area contributed by atoms with Crippen LogP contribution in [0.3, 0.4) is 0 Å². The van der Waals surface area contributed by atoms with Gasteiger partial charge < -0.3 is 14.2 Å². The molecule has 0 heterocycles. The Morgan fingerprint density at radius 2 is 2.22 bits per heavy atom. The fourth-order valence-electron chi connectivity index (χ4n) is 1.26. The van der Waals surface area contributed by atoms with Crippen molar-refractivity contribution in [2.45, 2.75) is 32.7 Å². The first-order valence-electron chi connectivity index (χ1n) is 5.52. The summed E-state index contributed by atoms with van der Waals surface area (Å²) in [7, 11) is 1.27. The summed E-state index contributed by atoms with van der Waals surface area (Å²) in [5, 5.41) is 11.0. The van der Waals surface area contributed by atoms with E-state index in [0.717, 1.165) is 0 Å². The van der Waals surface area contributed by atoms with Crippen LogP contribution < -0.4 is 5.09 Å². The van der Waals surface area contributed by atoms with Gasteiger partial charge in [0.2, 0.25) is 0 Å².